The summed E-state index contributed by atoms with van der Waals surface area (Å²) in [7, 11) is 0. The van der Waals surface area contributed by atoms with Crippen molar-refractivity contribution in [2.75, 3.05) is 5.75 Å². The zero-order valence-electron chi connectivity index (χ0n) is 10.5. The lowest BCUT2D eigenvalue weighted by molar-refractivity contribution is 0.00169. The van der Waals surface area contributed by atoms with Crippen molar-refractivity contribution < 1.29 is 0 Å². The Kier molecular flexibility index (Phi) is 2.41. The monoisotopic (exact) mass is 248 g/mol. The SMILES string of the molecule is [CH2]C1CCSC1=NC12CC3CC(CC(C3)C1)C2. The molecule has 1 radical (unpaired) electrons. The van der Waals surface area contributed by atoms with Crippen molar-refractivity contribution in [3.8, 4) is 0 Å². The van der Waals surface area contributed by atoms with E-state index in [0.717, 1.165) is 17.8 Å². The van der Waals surface area contributed by atoms with Crippen LogP contribution in [-0.2, 0) is 0 Å². The predicted molar refractivity (Wildman–Crippen MR) is 74.3 cm³/mol. The highest BCUT2D eigenvalue weighted by atomic mass is 32.2. The zero-order chi connectivity index (χ0) is 11.5. The average Bonchev–Trinajstić information content (AvgIpc) is 2.61. The molecule has 4 saturated carbocycles. The molecule has 5 rings (SSSR count). The Labute approximate surface area is 109 Å². The number of nitrogens with zero attached hydrogens (tertiary/aromatic N) is 1. The smallest absolute Gasteiger partial charge is 0.0714 e. The molecule has 4 bridgehead atoms. The van der Waals surface area contributed by atoms with Crippen molar-refractivity contribution in [2.24, 2.45) is 28.7 Å². The van der Waals surface area contributed by atoms with Crippen LogP contribution in [0.5, 0.6) is 0 Å². The van der Waals surface area contributed by atoms with Gasteiger partial charge in [-0.3, -0.25) is 4.99 Å². The van der Waals surface area contributed by atoms with Crippen molar-refractivity contribution in [2.45, 2.75) is 50.5 Å². The Bertz CT molecular complexity index is 325. The van der Waals surface area contributed by atoms with Gasteiger partial charge in [-0.25, -0.2) is 0 Å². The number of hydrogen-bond acceptors (Lipinski definition) is 2. The van der Waals surface area contributed by atoms with Gasteiger partial charge in [-0.15, -0.1) is 11.8 Å². The van der Waals surface area contributed by atoms with E-state index in [1.165, 1.54) is 55.7 Å². The second kappa shape index (κ2) is 3.76. The van der Waals surface area contributed by atoms with Crippen molar-refractivity contribution in [3.63, 3.8) is 0 Å². The first-order valence-electron chi connectivity index (χ1n) is 7.28. The molecule has 4 aliphatic carbocycles. The van der Waals surface area contributed by atoms with Crippen molar-refractivity contribution in [3.05, 3.63) is 6.92 Å². The predicted octanol–water partition coefficient (Wildman–Crippen LogP) is 3.94. The first-order valence-corrected chi connectivity index (χ1v) is 8.27. The summed E-state index contributed by atoms with van der Waals surface area (Å²) in [6.45, 7) is 4.27. The van der Waals surface area contributed by atoms with Gasteiger partial charge in [0.05, 0.1) is 10.6 Å². The Balaban J connectivity index is 1.64. The fourth-order valence-electron chi connectivity index (χ4n) is 5.11. The van der Waals surface area contributed by atoms with Gasteiger partial charge in [-0.1, -0.05) is 0 Å². The highest BCUT2D eigenvalue weighted by Crippen LogP contribution is 2.57. The van der Waals surface area contributed by atoms with Crippen LogP contribution in [0.15, 0.2) is 4.99 Å². The largest absolute Gasteiger partial charge is 0.276 e. The van der Waals surface area contributed by atoms with E-state index in [9.17, 15) is 0 Å². The molecule has 1 saturated heterocycles. The van der Waals surface area contributed by atoms with Crippen LogP contribution in [-0.4, -0.2) is 16.3 Å². The average molecular weight is 248 g/mol. The molecule has 5 fully saturated rings. The lowest BCUT2D eigenvalue weighted by atomic mass is 9.53. The summed E-state index contributed by atoms with van der Waals surface area (Å²) in [6.07, 6.45) is 10.00. The van der Waals surface area contributed by atoms with Gasteiger partial charge in [0.25, 0.3) is 0 Å². The standard InChI is InChI=1S/C15H22NS/c1-10-2-3-17-14(10)16-15-7-11-4-12(8-15)6-13(5-11)9-15/h10-13H,1-9H2. The third-order valence-electron chi connectivity index (χ3n) is 5.42. The second-order valence-electron chi connectivity index (χ2n) is 6.93. The molecule has 0 N–H and O–H groups in total. The summed E-state index contributed by atoms with van der Waals surface area (Å²) < 4.78 is 0. The number of aliphatic imine (C=N–C) groups is 1. The summed E-state index contributed by atoms with van der Waals surface area (Å²) in [6, 6.07) is 0. The van der Waals surface area contributed by atoms with Crippen LogP contribution in [0.2, 0.25) is 0 Å². The van der Waals surface area contributed by atoms with E-state index in [0.29, 0.717) is 11.5 Å². The highest BCUT2D eigenvalue weighted by Gasteiger charge is 2.51. The number of rotatable bonds is 1. The minimum atomic E-state index is 0.372. The van der Waals surface area contributed by atoms with E-state index < -0.39 is 0 Å². The van der Waals surface area contributed by atoms with Crippen LogP contribution >= 0.6 is 11.8 Å². The van der Waals surface area contributed by atoms with Crippen LogP contribution in [0.25, 0.3) is 0 Å². The maximum atomic E-state index is 5.27. The normalized spacial score (nSPS) is 54.8. The molecule has 5 aliphatic rings. The van der Waals surface area contributed by atoms with E-state index in [-0.39, 0.29) is 0 Å². The third kappa shape index (κ3) is 1.78. The number of hydrogen-bond donors (Lipinski definition) is 0. The van der Waals surface area contributed by atoms with Gasteiger partial charge in [0.2, 0.25) is 0 Å². The van der Waals surface area contributed by atoms with Crippen molar-refractivity contribution >= 4 is 16.8 Å². The molecule has 17 heavy (non-hydrogen) atoms. The summed E-state index contributed by atoms with van der Waals surface area (Å²) >= 11 is 1.99. The van der Waals surface area contributed by atoms with E-state index in [4.69, 9.17) is 4.99 Å². The van der Waals surface area contributed by atoms with E-state index in [2.05, 4.69) is 6.92 Å². The van der Waals surface area contributed by atoms with Crippen LogP contribution < -0.4 is 0 Å². The molecule has 1 heterocycles. The maximum Gasteiger partial charge on any atom is 0.0714 e. The van der Waals surface area contributed by atoms with Gasteiger partial charge < -0.3 is 0 Å². The molecule has 0 amide bonds. The minimum Gasteiger partial charge on any atom is -0.276 e. The molecular weight excluding hydrogens is 226 g/mol. The van der Waals surface area contributed by atoms with E-state index in [1.54, 1.807) is 0 Å². The van der Waals surface area contributed by atoms with E-state index in [1.807, 2.05) is 11.8 Å². The van der Waals surface area contributed by atoms with Crippen LogP contribution in [0.4, 0.5) is 0 Å². The molecule has 2 heteroatoms. The molecule has 1 atom stereocenters. The quantitative estimate of drug-likeness (QED) is 0.684. The third-order valence-corrected chi connectivity index (χ3v) is 6.58. The Morgan fingerprint density at radius 3 is 2.12 bits per heavy atom. The van der Waals surface area contributed by atoms with Crippen molar-refractivity contribution in [1.82, 2.24) is 0 Å². The van der Waals surface area contributed by atoms with Crippen molar-refractivity contribution in [1.29, 1.82) is 0 Å². The van der Waals surface area contributed by atoms with Gasteiger partial charge in [0, 0.05) is 5.92 Å². The van der Waals surface area contributed by atoms with Gasteiger partial charge in [0.15, 0.2) is 0 Å². The molecule has 0 aromatic heterocycles. The summed E-state index contributed by atoms with van der Waals surface area (Å²) in [5.74, 6) is 4.80. The lowest BCUT2D eigenvalue weighted by Crippen LogP contribution is -2.49. The molecular formula is C15H22NS. The lowest BCUT2D eigenvalue weighted by Gasteiger charge is -2.55. The molecule has 0 aromatic carbocycles. The minimum absolute atomic E-state index is 0.372. The number of thioether (sulfide) groups is 1. The summed E-state index contributed by atoms with van der Waals surface area (Å²) in [4.78, 5) is 5.27. The Morgan fingerprint density at radius 2 is 1.65 bits per heavy atom. The molecule has 1 nitrogen and oxygen atoms in total. The van der Waals surface area contributed by atoms with Crippen LogP contribution in [0.3, 0.4) is 0 Å². The van der Waals surface area contributed by atoms with Crippen LogP contribution in [0, 0.1) is 30.6 Å². The Morgan fingerprint density at radius 1 is 1.06 bits per heavy atom. The summed E-state index contributed by atoms with van der Waals surface area (Å²) in [5.41, 5.74) is 0.372. The first-order chi connectivity index (χ1) is 8.22. The fraction of sp³-hybridized carbons (Fsp3) is 0.867. The molecule has 1 aliphatic heterocycles. The fourth-order valence-corrected chi connectivity index (χ4v) is 6.33. The van der Waals surface area contributed by atoms with Gasteiger partial charge in [-0.05, 0) is 75.4 Å². The van der Waals surface area contributed by atoms with Gasteiger partial charge in [0.1, 0.15) is 0 Å². The Hall–Kier alpha value is 0.0200. The maximum absolute atomic E-state index is 5.27. The summed E-state index contributed by atoms with van der Waals surface area (Å²) in [5, 5.41) is 1.40. The second-order valence-corrected chi connectivity index (χ2v) is 8.04. The topological polar surface area (TPSA) is 12.4 Å². The highest BCUT2D eigenvalue weighted by molar-refractivity contribution is 8.14. The molecule has 93 valence electrons. The zero-order valence-corrected chi connectivity index (χ0v) is 11.3. The van der Waals surface area contributed by atoms with Crippen LogP contribution in [0.1, 0.15) is 44.9 Å². The molecule has 0 aromatic rings. The van der Waals surface area contributed by atoms with Gasteiger partial charge >= 0.3 is 0 Å². The van der Waals surface area contributed by atoms with Gasteiger partial charge in [-0.2, -0.15) is 0 Å². The molecule has 1 unspecified atom stereocenters. The van der Waals surface area contributed by atoms with E-state index >= 15 is 0 Å². The first kappa shape index (κ1) is 10.9. The molecule has 0 spiro atoms.